The molecule has 3 N–H and O–H groups in total. The van der Waals surface area contributed by atoms with Crippen molar-refractivity contribution in [2.45, 2.75) is 6.42 Å². The first-order valence-corrected chi connectivity index (χ1v) is 7.72. The Labute approximate surface area is 131 Å². The molecule has 1 aliphatic heterocycles. The summed E-state index contributed by atoms with van der Waals surface area (Å²) in [5.41, 5.74) is 1.23. The molecule has 0 saturated heterocycles. The highest BCUT2D eigenvalue weighted by molar-refractivity contribution is 7.09. The lowest BCUT2D eigenvalue weighted by atomic mass is 10.2. The summed E-state index contributed by atoms with van der Waals surface area (Å²) in [6, 6.07) is 8.87. The van der Waals surface area contributed by atoms with E-state index >= 15 is 0 Å². The average Bonchev–Trinajstić information content (AvgIpc) is 3.01. The van der Waals surface area contributed by atoms with Crippen LogP contribution in [0.15, 0.2) is 35.7 Å². The number of urea groups is 1. The lowest BCUT2D eigenvalue weighted by Crippen LogP contribution is -2.30. The number of thiophene rings is 1. The number of ether oxygens (including phenoxy) is 1. The number of fused-ring (bicyclic) bond motifs is 1. The number of benzene rings is 1. The molecule has 0 bridgehead atoms. The van der Waals surface area contributed by atoms with Gasteiger partial charge in [-0.25, -0.2) is 4.79 Å². The fraction of sp³-hybridized carbons (Fsp3) is 0.200. The van der Waals surface area contributed by atoms with E-state index in [1.165, 1.54) is 4.88 Å². The highest BCUT2D eigenvalue weighted by atomic mass is 32.1. The van der Waals surface area contributed by atoms with Crippen molar-refractivity contribution < 1.29 is 14.3 Å². The van der Waals surface area contributed by atoms with Gasteiger partial charge >= 0.3 is 6.03 Å². The summed E-state index contributed by atoms with van der Waals surface area (Å²) in [7, 11) is 0. The molecule has 22 heavy (non-hydrogen) atoms. The fourth-order valence-corrected chi connectivity index (χ4v) is 2.79. The van der Waals surface area contributed by atoms with E-state index in [0.717, 1.165) is 6.42 Å². The summed E-state index contributed by atoms with van der Waals surface area (Å²) in [5, 5.41) is 10.3. The predicted octanol–water partition coefficient (Wildman–Crippen LogP) is 2.44. The summed E-state index contributed by atoms with van der Waals surface area (Å²) < 4.78 is 5.31. The average molecular weight is 317 g/mol. The number of carbonyl (C=O) groups is 2. The van der Waals surface area contributed by atoms with Crippen molar-refractivity contribution in [3.05, 3.63) is 40.6 Å². The van der Waals surface area contributed by atoms with Gasteiger partial charge in [0.05, 0.1) is 5.69 Å². The van der Waals surface area contributed by atoms with E-state index < -0.39 is 0 Å². The van der Waals surface area contributed by atoms with E-state index in [2.05, 4.69) is 16.0 Å². The third-order valence-corrected chi connectivity index (χ3v) is 4.05. The van der Waals surface area contributed by atoms with Crippen LogP contribution in [-0.2, 0) is 11.2 Å². The standard InChI is InChI=1S/C15H15N3O3S/c19-14-9-21-13-8-10(3-4-12(13)18-14)17-15(20)16-6-5-11-2-1-7-22-11/h1-4,7-8H,5-6,9H2,(H,18,19)(H2,16,17,20). The van der Waals surface area contributed by atoms with Gasteiger partial charge in [0, 0.05) is 23.2 Å². The summed E-state index contributed by atoms with van der Waals surface area (Å²) in [6.45, 7) is 0.563. The van der Waals surface area contributed by atoms with Crippen LogP contribution in [0.25, 0.3) is 0 Å². The summed E-state index contributed by atoms with van der Waals surface area (Å²) in [4.78, 5) is 24.3. The van der Waals surface area contributed by atoms with Crippen molar-refractivity contribution in [1.29, 1.82) is 0 Å². The summed E-state index contributed by atoms with van der Waals surface area (Å²) >= 11 is 1.67. The van der Waals surface area contributed by atoms with E-state index in [0.29, 0.717) is 23.7 Å². The molecule has 1 aromatic heterocycles. The lowest BCUT2D eigenvalue weighted by Gasteiger charge is -2.18. The smallest absolute Gasteiger partial charge is 0.319 e. The molecule has 3 amide bonds. The largest absolute Gasteiger partial charge is 0.482 e. The normalized spacial score (nSPS) is 12.8. The Morgan fingerprint density at radius 3 is 3.09 bits per heavy atom. The van der Waals surface area contributed by atoms with Gasteiger partial charge in [0.1, 0.15) is 5.75 Å². The number of hydrogen-bond donors (Lipinski definition) is 3. The van der Waals surface area contributed by atoms with Crippen LogP contribution in [0, 0.1) is 0 Å². The zero-order valence-electron chi connectivity index (χ0n) is 11.7. The third-order valence-electron chi connectivity index (χ3n) is 3.11. The first kappa shape index (κ1) is 14.4. The SMILES string of the molecule is O=C1COc2cc(NC(=O)NCCc3cccs3)ccc2N1. The Hall–Kier alpha value is -2.54. The molecule has 2 aromatic rings. The van der Waals surface area contributed by atoms with Crippen LogP contribution in [0.3, 0.4) is 0 Å². The van der Waals surface area contributed by atoms with Crippen LogP contribution in [0.2, 0.25) is 0 Å². The molecule has 0 unspecified atom stereocenters. The van der Waals surface area contributed by atoms with Gasteiger partial charge in [-0.3, -0.25) is 4.79 Å². The van der Waals surface area contributed by atoms with Crippen molar-refractivity contribution in [3.63, 3.8) is 0 Å². The number of carbonyl (C=O) groups excluding carboxylic acids is 2. The van der Waals surface area contributed by atoms with Gasteiger partial charge in [-0.15, -0.1) is 11.3 Å². The highest BCUT2D eigenvalue weighted by Gasteiger charge is 2.16. The molecular formula is C15H15N3O3S. The molecule has 0 fully saturated rings. The summed E-state index contributed by atoms with van der Waals surface area (Å²) in [5.74, 6) is 0.371. The molecular weight excluding hydrogens is 302 g/mol. The second-order valence-electron chi connectivity index (χ2n) is 4.76. The molecule has 0 spiro atoms. The lowest BCUT2D eigenvalue weighted by molar-refractivity contribution is -0.118. The maximum Gasteiger partial charge on any atom is 0.319 e. The van der Waals surface area contributed by atoms with Gasteiger partial charge in [-0.05, 0) is 30.0 Å². The zero-order valence-corrected chi connectivity index (χ0v) is 12.5. The second kappa shape index (κ2) is 6.48. The van der Waals surface area contributed by atoms with Crippen LogP contribution >= 0.6 is 11.3 Å². The maximum absolute atomic E-state index is 11.8. The van der Waals surface area contributed by atoms with E-state index in [1.54, 1.807) is 29.5 Å². The molecule has 6 nitrogen and oxygen atoms in total. The van der Waals surface area contributed by atoms with Crippen molar-refractivity contribution in [1.82, 2.24) is 5.32 Å². The monoisotopic (exact) mass is 317 g/mol. The van der Waals surface area contributed by atoms with E-state index in [4.69, 9.17) is 4.74 Å². The molecule has 0 atom stereocenters. The minimum Gasteiger partial charge on any atom is -0.482 e. The Bertz CT molecular complexity index is 685. The number of anilines is 2. The Morgan fingerprint density at radius 2 is 2.27 bits per heavy atom. The minimum absolute atomic E-state index is 0.0105. The van der Waals surface area contributed by atoms with Gasteiger partial charge in [0.2, 0.25) is 0 Å². The molecule has 114 valence electrons. The number of rotatable bonds is 4. The molecule has 1 aliphatic rings. The van der Waals surface area contributed by atoms with Gasteiger partial charge in [-0.1, -0.05) is 6.07 Å². The van der Waals surface area contributed by atoms with Gasteiger partial charge < -0.3 is 20.7 Å². The molecule has 0 saturated carbocycles. The van der Waals surface area contributed by atoms with Crippen molar-refractivity contribution in [3.8, 4) is 5.75 Å². The van der Waals surface area contributed by atoms with Crippen LogP contribution in [0.5, 0.6) is 5.75 Å². The van der Waals surface area contributed by atoms with Crippen LogP contribution in [0.1, 0.15) is 4.88 Å². The topological polar surface area (TPSA) is 79.5 Å². The summed E-state index contributed by atoms with van der Waals surface area (Å²) in [6.07, 6.45) is 0.810. The van der Waals surface area contributed by atoms with Crippen molar-refractivity contribution in [2.75, 3.05) is 23.8 Å². The molecule has 0 aliphatic carbocycles. The number of hydrogen-bond acceptors (Lipinski definition) is 4. The molecule has 7 heteroatoms. The minimum atomic E-state index is -0.267. The molecule has 2 heterocycles. The number of amides is 3. The number of nitrogens with one attached hydrogen (secondary N) is 3. The van der Waals surface area contributed by atoms with Gasteiger partial charge in [0.15, 0.2) is 6.61 Å². The quantitative estimate of drug-likeness (QED) is 0.810. The van der Waals surface area contributed by atoms with Crippen molar-refractivity contribution >= 4 is 34.6 Å². The van der Waals surface area contributed by atoms with Gasteiger partial charge in [0.25, 0.3) is 5.91 Å². The van der Waals surface area contributed by atoms with Crippen LogP contribution in [-0.4, -0.2) is 25.1 Å². The zero-order chi connectivity index (χ0) is 15.4. The van der Waals surface area contributed by atoms with Crippen molar-refractivity contribution in [2.24, 2.45) is 0 Å². The third kappa shape index (κ3) is 3.56. The Kier molecular flexibility index (Phi) is 4.24. The molecule has 0 radical (unpaired) electrons. The van der Waals surface area contributed by atoms with Gasteiger partial charge in [-0.2, -0.15) is 0 Å². The maximum atomic E-state index is 11.8. The predicted molar refractivity (Wildman–Crippen MR) is 85.6 cm³/mol. The van der Waals surface area contributed by atoms with E-state index in [1.807, 2.05) is 17.5 Å². The Balaban J connectivity index is 1.52. The Morgan fingerprint density at radius 1 is 1.36 bits per heavy atom. The van der Waals surface area contributed by atoms with E-state index in [9.17, 15) is 9.59 Å². The molecule has 1 aromatic carbocycles. The first-order chi connectivity index (χ1) is 10.7. The molecule has 3 rings (SSSR count). The van der Waals surface area contributed by atoms with Crippen LogP contribution < -0.4 is 20.7 Å². The first-order valence-electron chi connectivity index (χ1n) is 6.84. The highest BCUT2D eigenvalue weighted by Crippen LogP contribution is 2.30. The van der Waals surface area contributed by atoms with E-state index in [-0.39, 0.29) is 18.5 Å². The fourth-order valence-electron chi connectivity index (χ4n) is 2.08. The van der Waals surface area contributed by atoms with Crippen LogP contribution in [0.4, 0.5) is 16.2 Å². The second-order valence-corrected chi connectivity index (χ2v) is 5.79.